The molecule has 6 heteroatoms. The van der Waals surface area contributed by atoms with Gasteiger partial charge in [0.15, 0.2) is 0 Å². The fraction of sp³-hybridized carbons (Fsp3) is 0.286. The third-order valence-corrected chi connectivity index (χ3v) is 3.80. The number of carbonyl (C=O) groups excluding carboxylic acids is 1. The first kappa shape index (κ1) is 14.7. The number of amides is 1. The van der Waals surface area contributed by atoms with Crippen LogP contribution in [0.4, 0.5) is 0 Å². The number of aryl methyl sites for hydroxylation is 1. The maximum Gasteiger partial charge on any atom is 0.244 e. The number of halogens is 1. The summed E-state index contributed by atoms with van der Waals surface area (Å²) in [6, 6.07) is 9.28. The minimum atomic E-state index is -1.07. The maximum atomic E-state index is 12.3. The maximum absolute atomic E-state index is 12.3. The van der Waals surface area contributed by atoms with Gasteiger partial charge in [0.05, 0.1) is 12.2 Å². The number of nitrogens with zero attached hydrogens (tertiary/aromatic N) is 2. The molecule has 0 aliphatic rings. The molecule has 106 valence electrons. The molecule has 0 aliphatic heterocycles. The highest BCUT2D eigenvalue weighted by molar-refractivity contribution is 9.10. The fourth-order valence-corrected chi connectivity index (χ4v) is 2.12. The van der Waals surface area contributed by atoms with E-state index in [1.54, 1.807) is 17.8 Å². The van der Waals surface area contributed by atoms with Crippen molar-refractivity contribution in [3.63, 3.8) is 0 Å². The van der Waals surface area contributed by atoms with E-state index in [0.717, 1.165) is 15.7 Å². The van der Waals surface area contributed by atoms with Crippen molar-refractivity contribution in [2.24, 2.45) is 12.8 Å². The van der Waals surface area contributed by atoms with Crippen molar-refractivity contribution in [2.45, 2.75) is 19.0 Å². The first-order chi connectivity index (χ1) is 9.41. The largest absolute Gasteiger partial charge is 0.349 e. The highest BCUT2D eigenvalue weighted by Crippen LogP contribution is 2.20. The lowest BCUT2D eigenvalue weighted by molar-refractivity contribution is -0.126. The Labute approximate surface area is 126 Å². The molecule has 0 saturated carbocycles. The Morgan fingerprint density at radius 3 is 2.60 bits per heavy atom. The predicted molar refractivity (Wildman–Crippen MR) is 80.7 cm³/mol. The van der Waals surface area contributed by atoms with Crippen molar-refractivity contribution in [3.8, 4) is 0 Å². The van der Waals surface area contributed by atoms with E-state index in [1.165, 1.54) is 0 Å². The van der Waals surface area contributed by atoms with Crippen LogP contribution >= 0.6 is 15.9 Å². The van der Waals surface area contributed by atoms with Crippen molar-refractivity contribution in [1.29, 1.82) is 0 Å². The molecule has 1 atom stereocenters. The van der Waals surface area contributed by atoms with Crippen molar-refractivity contribution >= 4 is 21.8 Å². The number of rotatable bonds is 4. The molecule has 1 amide bonds. The van der Waals surface area contributed by atoms with Gasteiger partial charge < -0.3 is 11.1 Å². The lowest BCUT2D eigenvalue weighted by Crippen LogP contribution is -2.48. The third-order valence-electron chi connectivity index (χ3n) is 3.27. The molecule has 0 fully saturated rings. The van der Waals surface area contributed by atoms with Crippen molar-refractivity contribution in [3.05, 3.63) is 52.3 Å². The van der Waals surface area contributed by atoms with Crippen LogP contribution < -0.4 is 11.1 Å². The summed E-state index contributed by atoms with van der Waals surface area (Å²) in [6.45, 7) is 2.10. The SMILES string of the molecule is Cn1nccc1CNC(=O)C(C)(N)c1ccc(Br)cc1. The summed E-state index contributed by atoms with van der Waals surface area (Å²) in [7, 11) is 1.83. The second-order valence-electron chi connectivity index (χ2n) is 4.84. The Morgan fingerprint density at radius 1 is 1.40 bits per heavy atom. The van der Waals surface area contributed by atoms with Crippen LogP contribution in [-0.2, 0) is 23.9 Å². The summed E-state index contributed by atoms with van der Waals surface area (Å²) in [5.41, 5.74) is 6.78. The van der Waals surface area contributed by atoms with Gasteiger partial charge in [-0.15, -0.1) is 0 Å². The minimum absolute atomic E-state index is 0.221. The van der Waals surface area contributed by atoms with Gasteiger partial charge in [-0.1, -0.05) is 28.1 Å². The Morgan fingerprint density at radius 2 is 2.05 bits per heavy atom. The van der Waals surface area contributed by atoms with Crippen molar-refractivity contribution in [2.75, 3.05) is 0 Å². The molecule has 5 nitrogen and oxygen atoms in total. The molecule has 0 spiro atoms. The lowest BCUT2D eigenvalue weighted by Gasteiger charge is -2.24. The molecule has 3 N–H and O–H groups in total. The molecule has 1 unspecified atom stereocenters. The first-order valence-corrected chi connectivity index (χ1v) is 7.00. The zero-order valence-electron chi connectivity index (χ0n) is 11.4. The molecule has 20 heavy (non-hydrogen) atoms. The molecule has 0 bridgehead atoms. The average molecular weight is 337 g/mol. The van der Waals surface area contributed by atoms with Gasteiger partial charge in [0.25, 0.3) is 0 Å². The quantitative estimate of drug-likeness (QED) is 0.891. The number of hydrogen-bond donors (Lipinski definition) is 2. The van der Waals surface area contributed by atoms with E-state index in [2.05, 4.69) is 26.3 Å². The predicted octanol–water partition coefficient (Wildman–Crippen LogP) is 1.67. The van der Waals surface area contributed by atoms with Gasteiger partial charge in [-0.2, -0.15) is 5.10 Å². The number of aromatic nitrogens is 2. The number of nitrogens with one attached hydrogen (secondary N) is 1. The Balaban J connectivity index is 2.07. The minimum Gasteiger partial charge on any atom is -0.349 e. The van der Waals surface area contributed by atoms with Crippen LogP contribution in [0.3, 0.4) is 0 Å². The summed E-state index contributed by atoms with van der Waals surface area (Å²) in [4.78, 5) is 12.3. The Bertz CT molecular complexity index is 604. The summed E-state index contributed by atoms with van der Waals surface area (Å²) < 4.78 is 2.67. The number of carbonyl (C=O) groups is 1. The summed E-state index contributed by atoms with van der Waals surface area (Å²) >= 11 is 3.36. The monoisotopic (exact) mass is 336 g/mol. The van der Waals surface area contributed by atoms with E-state index in [9.17, 15) is 4.79 Å². The van der Waals surface area contributed by atoms with Crippen LogP contribution in [0.15, 0.2) is 41.0 Å². The van der Waals surface area contributed by atoms with Gasteiger partial charge in [-0.25, -0.2) is 0 Å². The van der Waals surface area contributed by atoms with Gasteiger partial charge in [-0.3, -0.25) is 9.48 Å². The fourth-order valence-electron chi connectivity index (χ4n) is 1.86. The van der Waals surface area contributed by atoms with Crippen LogP contribution in [0, 0.1) is 0 Å². The van der Waals surface area contributed by atoms with Crippen LogP contribution in [-0.4, -0.2) is 15.7 Å². The molecular weight excluding hydrogens is 320 g/mol. The van der Waals surface area contributed by atoms with Gasteiger partial charge >= 0.3 is 0 Å². The van der Waals surface area contributed by atoms with E-state index in [1.807, 2.05) is 37.4 Å². The van der Waals surface area contributed by atoms with Gasteiger partial charge in [0.2, 0.25) is 5.91 Å². The topological polar surface area (TPSA) is 72.9 Å². The van der Waals surface area contributed by atoms with Crippen LogP contribution in [0.1, 0.15) is 18.2 Å². The van der Waals surface area contributed by atoms with Gasteiger partial charge in [0.1, 0.15) is 5.54 Å². The summed E-state index contributed by atoms with van der Waals surface area (Å²) in [6.07, 6.45) is 1.69. The molecule has 0 radical (unpaired) electrons. The molecule has 0 saturated heterocycles. The van der Waals surface area contributed by atoms with Gasteiger partial charge in [-0.05, 0) is 30.7 Å². The third kappa shape index (κ3) is 3.08. The van der Waals surface area contributed by atoms with E-state index >= 15 is 0 Å². The number of benzene rings is 1. The molecule has 1 aromatic carbocycles. The molecule has 1 heterocycles. The summed E-state index contributed by atoms with van der Waals surface area (Å²) in [5.74, 6) is -0.221. The van der Waals surface area contributed by atoms with E-state index in [0.29, 0.717) is 6.54 Å². The Kier molecular flexibility index (Phi) is 4.25. The number of nitrogens with two attached hydrogens (primary N) is 1. The number of hydrogen-bond acceptors (Lipinski definition) is 3. The molecule has 2 rings (SSSR count). The standard InChI is InChI=1S/C14H17BrN4O/c1-14(16,10-3-5-11(15)6-4-10)13(20)17-9-12-7-8-18-19(12)2/h3-8H,9,16H2,1-2H3,(H,17,20). The normalized spacial score (nSPS) is 13.8. The first-order valence-electron chi connectivity index (χ1n) is 6.21. The Hall–Kier alpha value is -1.66. The second-order valence-corrected chi connectivity index (χ2v) is 5.75. The van der Waals surface area contributed by atoms with Crippen molar-refractivity contribution in [1.82, 2.24) is 15.1 Å². The lowest BCUT2D eigenvalue weighted by atomic mass is 9.92. The summed E-state index contributed by atoms with van der Waals surface area (Å²) in [5, 5.41) is 6.90. The highest BCUT2D eigenvalue weighted by atomic mass is 79.9. The van der Waals surface area contributed by atoms with Crippen molar-refractivity contribution < 1.29 is 4.79 Å². The van der Waals surface area contributed by atoms with Crippen LogP contribution in [0.2, 0.25) is 0 Å². The molecule has 2 aromatic rings. The van der Waals surface area contributed by atoms with E-state index < -0.39 is 5.54 Å². The van der Waals surface area contributed by atoms with Crippen LogP contribution in [0.25, 0.3) is 0 Å². The zero-order chi connectivity index (χ0) is 14.8. The molecule has 1 aromatic heterocycles. The highest BCUT2D eigenvalue weighted by Gasteiger charge is 2.30. The van der Waals surface area contributed by atoms with Gasteiger partial charge in [0, 0.05) is 17.7 Å². The average Bonchev–Trinajstić information content (AvgIpc) is 2.82. The van der Waals surface area contributed by atoms with E-state index in [4.69, 9.17) is 5.73 Å². The molecule has 0 aliphatic carbocycles. The van der Waals surface area contributed by atoms with Crippen LogP contribution in [0.5, 0.6) is 0 Å². The smallest absolute Gasteiger partial charge is 0.244 e. The van der Waals surface area contributed by atoms with E-state index in [-0.39, 0.29) is 5.91 Å². The zero-order valence-corrected chi connectivity index (χ0v) is 13.0. The molecular formula is C14H17BrN4O. The second kappa shape index (κ2) is 5.76.